The van der Waals surface area contributed by atoms with Gasteiger partial charge in [-0.3, -0.25) is 10.1 Å². The smallest absolute Gasteiger partial charge is 0.270 e. The van der Waals surface area contributed by atoms with Gasteiger partial charge < -0.3 is 5.32 Å². The molecule has 0 radical (unpaired) electrons. The highest BCUT2D eigenvalue weighted by Crippen LogP contribution is 2.28. The predicted octanol–water partition coefficient (Wildman–Crippen LogP) is 4.54. The molecule has 4 aromatic rings. The highest BCUT2D eigenvalue weighted by atomic mass is 32.1. The van der Waals surface area contributed by atoms with Gasteiger partial charge in [-0.2, -0.15) is 0 Å². The van der Waals surface area contributed by atoms with E-state index >= 15 is 0 Å². The van der Waals surface area contributed by atoms with E-state index in [1.165, 1.54) is 35.6 Å². The van der Waals surface area contributed by atoms with Crippen LogP contribution in [0.4, 0.5) is 21.0 Å². The van der Waals surface area contributed by atoms with Gasteiger partial charge in [0, 0.05) is 17.7 Å². The number of benzene rings is 2. The van der Waals surface area contributed by atoms with Crippen molar-refractivity contribution in [2.45, 2.75) is 0 Å². The maximum absolute atomic E-state index is 13.3. The summed E-state index contributed by atoms with van der Waals surface area (Å²) in [5.74, 6) is 0.160. The predicted molar refractivity (Wildman–Crippen MR) is 97.0 cm³/mol. The molecule has 0 unspecified atom stereocenters. The summed E-state index contributed by atoms with van der Waals surface area (Å²) in [6, 6.07) is 14.0. The number of anilines is 2. The summed E-state index contributed by atoms with van der Waals surface area (Å²) in [7, 11) is 0. The molecule has 0 aliphatic carbocycles. The summed E-state index contributed by atoms with van der Waals surface area (Å²) in [6.07, 6.45) is 0. The number of fused-ring (bicyclic) bond motifs is 1. The third-order valence-electron chi connectivity index (χ3n) is 3.60. The van der Waals surface area contributed by atoms with Gasteiger partial charge in [0.05, 0.1) is 20.8 Å². The Morgan fingerprint density at radius 2 is 1.96 bits per heavy atom. The highest BCUT2D eigenvalue weighted by Gasteiger charge is 2.10. The fourth-order valence-corrected chi connectivity index (χ4v) is 3.29. The van der Waals surface area contributed by atoms with Crippen LogP contribution in [0.2, 0.25) is 0 Å². The van der Waals surface area contributed by atoms with Crippen LogP contribution in [0.1, 0.15) is 0 Å². The lowest BCUT2D eigenvalue weighted by molar-refractivity contribution is -0.384. The standard InChI is InChI=1S/C17H10FN5O2S/c18-11-4-5-14-15(9-11)26-17(19-14)20-16-7-6-13(21-22-16)10-2-1-3-12(8-10)23(24)25/h1-9H,(H,19,20,22). The third kappa shape index (κ3) is 3.20. The molecule has 0 spiro atoms. The molecule has 0 aliphatic rings. The van der Waals surface area contributed by atoms with Gasteiger partial charge in [0.2, 0.25) is 0 Å². The van der Waals surface area contributed by atoms with E-state index in [4.69, 9.17) is 0 Å². The fourth-order valence-electron chi connectivity index (χ4n) is 2.39. The number of non-ortho nitro benzene ring substituents is 1. The minimum Gasteiger partial charge on any atom is -0.315 e. The second-order valence-electron chi connectivity index (χ2n) is 5.37. The van der Waals surface area contributed by atoms with Crippen molar-refractivity contribution < 1.29 is 9.31 Å². The van der Waals surface area contributed by atoms with Crippen molar-refractivity contribution in [2.75, 3.05) is 5.32 Å². The van der Waals surface area contributed by atoms with Crippen LogP contribution in [0, 0.1) is 15.9 Å². The molecule has 1 N–H and O–H groups in total. The molecule has 0 bridgehead atoms. The van der Waals surface area contributed by atoms with E-state index in [9.17, 15) is 14.5 Å². The molecule has 7 nitrogen and oxygen atoms in total. The number of nitrogens with zero attached hydrogens (tertiary/aromatic N) is 4. The van der Waals surface area contributed by atoms with Crippen LogP contribution < -0.4 is 5.32 Å². The first-order valence-electron chi connectivity index (χ1n) is 7.50. The van der Waals surface area contributed by atoms with Crippen LogP contribution in [-0.2, 0) is 0 Å². The van der Waals surface area contributed by atoms with Gasteiger partial charge in [-0.25, -0.2) is 9.37 Å². The highest BCUT2D eigenvalue weighted by molar-refractivity contribution is 7.22. The maximum atomic E-state index is 13.3. The molecule has 0 aliphatic heterocycles. The van der Waals surface area contributed by atoms with Gasteiger partial charge in [0.15, 0.2) is 10.9 Å². The van der Waals surface area contributed by atoms with Crippen molar-refractivity contribution in [3.8, 4) is 11.3 Å². The van der Waals surface area contributed by atoms with Gasteiger partial charge in [0.1, 0.15) is 5.82 Å². The molecule has 0 saturated heterocycles. The lowest BCUT2D eigenvalue weighted by Gasteiger charge is -2.03. The number of rotatable bonds is 4. The Kier molecular flexibility index (Phi) is 3.98. The Morgan fingerprint density at radius 3 is 2.73 bits per heavy atom. The van der Waals surface area contributed by atoms with Gasteiger partial charge in [-0.1, -0.05) is 23.5 Å². The summed E-state index contributed by atoms with van der Waals surface area (Å²) in [4.78, 5) is 14.8. The number of hydrogen-bond acceptors (Lipinski definition) is 7. The van der Waals surface area contributed by atoms with Crippen molar-refractivity contribution in [3.05, 3.63) is 70.5 Å². The van der Waals surface area contributed by atoms with E-state index < -0.39 is 4.92 Å². The molecular formula is C17H10FN5O2S. The monoisotopic (exact) mass is 367 g/mol. The summed E-state index contributed by atoms with van der Waals surface area (Å²) in [5, 5.41) is 22.6. The lowest BCUT2D eigenvalue weighted by Crippen LogP contribution is -1.96. The Morgan fingerprint density at radius 1 is 1.08 bits per heavy atom. The van der Waals surface area contributed by atoms with Crippen molar-refractivity contribution in [1.82, 2.24) is 15.2 Å². The van der Waals surface area contributed by atoms with Crippen molar-refractivity contribution in [2.24, 2.45) is 0 Å². The molecule has 2 aromatic carbocycles. The van der Waals surface area contributed by atoms with Crippen LogP contribution >= 0.6 is 11.3 Å². The molecular weight excluding hydrogens is 357 g/mol. The van der Waals surface area contributed by atoms with E-state index in [1.54, 1.807) is 30.3 Å². The summed E-state index contributed by atoms with van der Waals surface area (Å²) in [6.45, 7) is 0. The molecule has 9 heteroatoms. The zero-order chi connectivity index (χ0) is 18.1. The molecule has 0 fully saturated rings. The van der Waals surface area contributed by atoms with Crippen molar-refractivity contribution in [3.63, 3.8) is 0 Å². The molecule has 128 valence electrons. The second-order valence-corrected chi connectivity index (χ2v) is 6.40. The summed E-state index contributed by atoms with van der Waals surface area (Å²) < 4.78 is 14.0. The average molecular weight is 367 g/mol. The fraction of sp³-hybridized carbons (Fsp3) is 0. The second kappa shape index (κ2) is 6.45. The van der Waals surface area contributed by atoms with Crippen LogP contribution in [0.15, 0.2) is 54.6 Å². The quantitative estimate of drug-likeness (QED) is 0.420. The third-order valence-corrected chi connectivity index (χ3v) is 4.54. The number of aromatic nitrogens is 3. The molecule has 0 amide bonds. The van der Waals surface area contributed by atoms with E-state index in [-0.39, 0.29) is 11.5 Å². The first-order valence-corrected chi connectivity index (χ1v) is 8.32. The van der Waals surface area contributed by atoms with E-state index in [2.05, 4.69) is 20.5 Å². The molecule has 0 atom stereocenters. The van der Waals surface area contributed by atoms with Crippen LogP contribution in [-0.4, -0.2) is 20.1 Å². The van der Waals surface area contributed by atoms with Gasteiger partial charge >= 0.3 is 0 Å². The van der Waals surface area contributed by atoms with Gasteiger partial charge in [-0.05, 0) is 30.3 Å². The SMILES string of the molecule is O=[N+]([O-])c1cccc(-c2ccc(Nc3nc4ccc(F)cc4s3)nn2)c1. The maximum Gasteiger partial charge on any atom is 0.270 e. The molecule has 2 heterocycles. The molecule has 2 aromatic heterocycles. The summed E-state index contributed by atoms with van der Waals surface area (Å²) >= 11 is 1.31. The van der Waals surface area contributed by atoms with E-state index in [1.807, 2.05) is 0 Å². The van der Waals surface area contributed by atoms with E-state index in [0.717, 1.165) is 4.70 Å². The Labute approximate surface area is 150 Å². The normalized spacial score (nSPS) is 10.8. The van der Waals surface area contributed by atoms with Crippen LogP contribution in [0.5, 0.6) is 0 Å². The topological polar surface area (TPSA) is 93.8 Å². The number of nitrogens with one attached hydrogen (secondary N) is 1. The largest absolute Gasteiger partial charge is 0.315 e. The number of nitro groups is 1. The molecule has 0 saturated carbocycles. The number of thiazole rings is 1. The van der Waals surface area contributed by atoms with Crippen molar-refractivity contribution in [1.29, 1.82) is 0 Å². The zero-order valence-corrected chi connectivity index (χ0v) is 13.9. The Balaban J connectivity index is 1.57. The molecule has 4 rings (SSSR count). The van der Waals surface area contributed by atoms with Gasteiger partial charge in [0.25, 0.3) is 5.69 Å². The van der Waals surface area contributed by atoms with Crippen LogP contribution in [0.3, 0.4) is 0 Å². The van der Waals surface area contributed by atoms with Crippen molar-refractivity contribution >= 4 is 38.2 Å². The number of hydrogen-bond donors (Lipinski definition) is 1. The first kappa shape index (κ1) is 16.0. The van der Waals surface area contributed by atoms with E-state index in [0.29, 0.717) is 27.7 Å². The van der Waals surface area contributed by atoms with Crippen LogP contribution in [0.25, 0.3) is 21.5 Å². The lowest BCUT2D eigenvalue weighted by atomic mass is 10.1. The average Bonchev–Trinajstić information content (AvgIpc) is 3.03. The Bertz CT molecular complexity index is 1110. The zero-order valence-electron chi connectivity index (χ0n) is 13.1. The first-order chi connectivity index (χ1) is 12.6. The molecule has 26 heavy (non-hydrogen) atoms. The minimum absolute atomic E-state index is 0.00629. The Hall–Kier alpha value is -3.46. The minimum atomic E-state index is -0.456. The van der Waals surface area contributed by atoms with Gasteiger partial charge in [-0.15, -0.1) is 10.2 Å². The summed E-state index contributed by atoms with van der Waals surface area (Å²) in [5.41, 5.74) is 1.81. The number of halogens is 1. The number of nitro benzene ring substituents is 1.